The van der Waals surface area contributed by atoms with Crippen molar-refractivity contribution in [3.63, 3.8) is 0 Å². The third-order valence-corrected chi connectivity index (χ3v) is 4.46. The first-order valence-corrected chi connectivity index (χ1v) is 7.76. The molecule has 2 nitrogen and oxygen atoms in total. The molecule has 0 N–H and O–H groups in total. The Labute approximate surface area is 127 Å². The summed E-state index contributed by atoms with van der Waals surface area (Å²) in [5, 5.41) is 0. The summed E-state index contributed by atoms with van der Waals surface area (Å²) in [6.45, 7) is 5.21. The number of aryl methyl sites for hydroxylation is 1. The smallest absolute Gasteiger partial charge is 0.124 e. The average molecular weight is 281 g/mol. The zero-order valence-corrected chi connectivity index (χ0v) is 13.1. The van der Waals surface area contributed by atoms with Crippen LogP contribution in [0.4, 0.5) is 11.4 Å². The van der Waals surface area contributed by atoms with Gasteiger partial charge < -0.3 is 9.64 Å². The summed E-state index contributed by atoms with van der Waals surface area (Å²) in [6.07, 6.45) is 2.32. The van der Waals surface area contributed by atoms with Crippen molar-refractivity contribution in [1.82, 2.24) is 0 Å². The molecule has 1 heterocycles. The Kier molecular flexibility index (Phi) is 3.87. The second-order valence-electron chi connectivity index (χ2n) is 5.86. The molecule has 0 saturated carbocycles. The van der Waals surface area contributed by atoms with Gasteiger partial charge in [-0.15, -0.1) is 0 Å². The first-order chi connectivity index (χ1) is 10.2. The summed E-state index contributed by atoms with van der Waals surface area (Å²) in [7, 11) is 2.10. The maximum atomic E-state index is 5.87. The lowest BCUT2D eigenvalue weighted by molar-refractivity contribution is 0.265. The molecule has 0 aromatic heterocycles. The monoisotopic (exact) mass is 281 g/mol. The molecule has 2 aromatic carbocycles. The van der Waals surface area contributed by atoms with Crippen LogP contribution in [-0.2, 0) is 0 Å². The summed E-state index contributed by atoms with van der Waals surface area (Å²) in [4.78, 5) is 2.21. The van der Waals surface area contributed by atoms with Gasteiger partial charge in [-0.1, -0.05) is 30.7 Å². The molecule has 0 aliphatic carbocycles. The molecule has 0 unspecified atom stereocenters. The fraction of sp³-hybridized carbons (Fsp3) is 0.368. The molecule has 3 rings (SSSR count). The van der Waals surface area contributed by atoms with E-state index in [-0.39, 0.29) is 0 Å². The second-order valence-corrected chi connectivity index (χ2v) is 5.86. The topological polar surface area (TPSA) is 12.5 Å². The molecular weight excluding hydrogens is 258 g/mol. The summed E-state index contributed by atoms with van der Waals surface area (Å²) in [5.74, 6) is 1.71. The number of nitrogens with zero attached hydrogens (tertiary/aromatic N) is 1. The van der Waals surface area contributed by atoms with Gasteiger partial charge in [0.05, 0.1) is 6.61 Å². The van der Waals surface area contributed by atoms with Crippen LogP contribution in [0.15, 0.2) is 42.5 Å². The maximum Gasteiger partial charge on any atom is 0.124 e. The summed E-state index contributed by atoms with van der Waals surface area (Å²) >= 11 is 0. The Morgan fingerprint density at radius 3 is 2.52 bits per heavy atom. The van der Waals surface area contributed by atoms with Crippen LogP contribution in [0.1, 0.15) is 36.8 Å². The van der Waals surface area contributed by atoms with E-state index in [9.17, 15) is 0 Å². The number of benzene rings is 2. The van der Waals surface area contributed by atoms with Gasteiger partial charge in [-0.05, 0) is 49.4 Å². The van der Waals surface area contributed by atoms with E-state index in [0.717, 1.165) is 18.8 Å². The van der Waals surface area contributed by atoms with Crippen LogP contribution in [-0.4, -0.2) is 13.7 Å². The van der Waals surface area contributed by atoms with E-state index in [1.807, 2.05) is 0 Å². The van der Waals surface area contributed by atoms with E-state index in [1.165, 1.54) is 28.9 Å². The van der Waals surface area contributed by atoms with Gasteiger partial charge in [-0.25, -0.2) is 0 Å². The quantitative estimate of drug-likeness (QED) is 0.781. The molecule has 0 saturated heterocycles. The highest BCUT2D eigenvalue weighted by molar-refractivity contribution is 5.65. The molecule has 0 fully saturated rings. The van der Waals surface area contributed by atoms with Crippen LogP contribution in [0.5, 0.6) is 5.75 Å². The minimum Gasteiger partial charge on any atom is -0.493 e. The molecule has 1 aliphatic rings. The van der Waals surface area contributed by atoms with Crippen LogP contribution < -0.4 is 9.64 Å². The van der Waals surface area contributed by atoms with E-state index >= 15 is 0 Å². The molecule has 21 heavy (non-hydrogen) atoms. The van der Waals surface area contributed by atoms with Gasteiger partial charge in [0.15, 0.2) is 0 Å². The highest BCUT2D eigenvalue weighted by Gasteiger charge is 2.20. The fourth-order valence-corrected chi connectivity index (χ4v) is 3.00. The van der Waals surface area contributed by atoms with E-state index in [2.05, 4.69) is 68.3 Å². The van der Waals surface area contributed by atoms with E-state index in [0.29, 0.717) is 5.92 Å². The number of hydrogen-bond acceptors (Lipinski definition) is 2. The summed E-state index contributed by atoms with van der Waals surface area (Å²) in [5.41, 5.74) is 5.02. The van der Waals surface area contributed by atoms with Crippen molar-refractivity contribution in [2.24, 2.45) is 0 Å². The Hall–Kier alpha value is -1.96. The average Bonchev–Trinajstić information content (AvgIpc) is 2.53. The number of anilines is 2. The van der Waals surface area contributed by atoms with E-state index in [1.54, 1.807) is 0 Å². The maximum absolute atomic E-state index is 5.87. The van der Waals surface area contributed by atoms with Crippen molar-refractivity contribution < 1.29 is 4.74 Å². The van der Waals surface area contributed by atoms with Gasteiger partial charge in [0.25, 0.3) is 0 Å². The summed E-state index contributed by atoms with van der Waals surface area (Å²) in [6, 6.07) is 15.2. The Balaban J connectivity index is 1.91. The van der Waals surface area contributed by atoms with Crippen LogP contribution >= 0.6 is 0 Å². The number of rotatable bonds is 3. The van der Waals surface area contributed by atoms with Gasteiger partial charge in [0.2, 0.25) is 0 Å². The number of hydrogen-bond donors (Lipinski definition) is 0. The Morgan fingerprint density at radius 2 is 1.81 bits per heavy atom. The highest BCUT2D eigenvalue weighted by atomic mass is 16.5. The van der Waals surface area contributed by atoms with Crippen molar-refractivity contribution >= 4 is 11.4 Å². The SMILES string of the molecule is CC[C@@H]1CCOc2cc(N(C)c3ccc(C)cc3)ccc21. The van der Waals surface area contributed by atoms with Gasteiger partial charge >= 0.3 is 0 Å². The van der Waals surface area contributed by atoms with Gasteiger partial charge in [0, 0.05) is 24.5 Å². The van der Waals surface area contributed by atoms with Crippen LogP contribution in [0.25, 0.3) is 0 Å². The normalized spacial score (nSPS) is 17.0. The van der Waals surface area contributed by atoms with Crippen molar-refractivity contribution in [1.29, 1.82) is 0 Å². The second kappa shape index (κ2) is 5.80. The molecule has 0 spiro atoms. The lowest BCUT2D eigenvalue weighted by Gasteiger charge is -2.27. The Bertz CT molecular complexity index is 618. The zero-order chi connectivity index (χ0) is 14.8. The van der Waals surface area contributed by atoms with Crippen LogP contribution in [0, 0.1) is 6.92 Å². The first-order valence-electron chi connectivity index (χ1n) is 7.76. The molecule has 0 amide bonds. The molecule has 1 aliphatic heterocycles. The van der Waals surface area contributed by atoms with Gasteiger partial charge in [-0.3, -0.25) is 0 Å². The zero-order valence-electron chi connectivity index (χ0n) is 13.1. The third-order valence-electron chi connectivity index (χ3n) is 4.46. The predicted molar refractivity (Wildman–Crippen MR) is 88.8 cm³/mol. The minimum absolute atomic E-state index is 0.646. The van der Waals surface area contributed by atoms with Crippen molar-refractivity contribution in [2.75, 3.05) is 18.6 Å². The molecule has 2 aromatic rings. The standard InChI is InChI=1S/C19H23NO/c1-4-15-11-12-21-19-13-17(9-10-18(15)19)20(3)16-7-5-14(2)6-8-16/h5-10,13,15H,4,11-12H2,1-3H3/t15-/m1/s1. The molecular formula is C19H23NO. The van der Waals surface area contributed by atoms with Crippen LogP contribution in [0.3, 0.4) is 0 Å². The summed E-state index contributed by atoms with van der Waals surface area (Å²) < 4.78 is 5.87. The Morgan fingerprint density at radius 1 is 1.10 bits per heavy atom. The highest BCUT2D eigenvalue weighted by Crippen LogP contribution is 2.38. The lowest BCUT2D eigenvalue weighted by Crippen LogP contribution is -2.15. The minimum atomic E-state index is 0.646. The molecule has 0 radical (unpaired) electrons. The number of fused-ring (bicyclic) bond motifs is 1. The fourth-order valence-electron chi connectivity index (χ4n) is 3.00. The largest absolute Gasteiger partial charge is 0.493 e. The van der Waals surface area contributed by atoms with Crippen LogP contribution in [0.2, 0.25) is 0 Å². The van der Waals surface area contributed by atoms with Gasteiger partial charge in [-0.2, -0.15) is 0 Å². The van der Waals surface area contributed by atoms with Crippen molar-refractivity contribution in [2.45, 2.75) is 32.6 Å². The van der Waals surface area contributed by atoms with Gasteiger partial charge in [0.1, 0.15) is 5.75 Å². The first kappa shape index (κ1) is 14.0. The molecule has 0 bridgehead atoms. The number of ether oxygens (including phenoxy) is 1. The van der Waals surface area contributed by atoms with E-state index in [4.69, 9.17) is 4.74 Å². The predicted octanol–water partition coefficient (Wildman–Crippen LogP) is 5.04. The molecule has 2 heteroatoms. The van der Waals surface area contributed by atoms with E-state index < -0.39 is 0 Å². The lowest BCUT2D eigenvalue weighted by atomic mass is 9.91. The van der Waals surface area contributed by atoms with Crippen molar-refractivity contribution in [3.05, 3.63) is 53.6 Å². The molecule has 1 atom stereocenters. The molecule has 110 valence electrons. The third kappa shape index (κ3) is 2.76. The van der Waals surface area contributed by atoms with Crippen molar-refractivity contribution in [3.8, 4) is 5.75 Å².